The average molecular weight is 283 g/mol. The molecule has 0 aliphatic carbocycles. The molecular formula is C12H21N5OS. The van der Waals surface area contributed by atoms with Crippen LogP contribution in [0.1, 0.15) is 38.9 Å². The van der Waals surface area contributed by atoms with Crippen LogP contribution in [0.4, 0.5) is 0 Å². The van der Waals surface area contributed by atoms with E-state index < -0.39 is 5.41 Å². The predicted octanol–water partition coefficient (Wildman–Crippen LogP) is 1.11. The van der Waals surface area contributed by atoms with Crippen molar-refractivity contribution in [2.45, 2.75) is 51.2 Å². The Morgan fingerprint density at radius 3 is 2.95 bits per heavy atom. The van der Waals surface area contributed by atoms with Crippen LogP contribution < -0.4 is 11.3 Å². The van der Waals surface area contributed by atoms with Crippen LogP contribution in [-0.4, -0.2) is 26.4 Å². The molecule has 1 aliphatic heterocycles. The molecule has 1 aromatic rings. The van der Waals surface area contributed by atoms with E-state index in [2.05, 4.69) is 20.2 Å². The van der Waals surface area contributed by atoms with Crippen molar-refractivity contribution < 1.29 is 4.79 Å². The van der Waals surface area contributed by atoms with E-state index >= 15 is 0 Å². The first-order valence-electron chi connectivity index (χ1n) is 6.60. The highest BCUT2D eigenvalue weighted by Crippen LogP contribution is 2.28. The van der Waals surface area contributed by atoms with E-state index in [1.54, 1.807) is 11.8 Å². The van der Waals surface area contributed by atoms with Gasteiger partial charge in [-0.1, -0.05) is 32.0 Å². The molecule has 1 amide bonds. The highest BCUT2D eigenvalue weighted by atomic mass is 32.2. The third-order valence-electron chi connectivity index (χ3n) is 3.38. The molecule has 0 saturated heterocycles. The van der Waals surface area contributed by atoms with Gasteiger partial charge in [-0.05, 0) is 12.8 Å². The molecule has 0 aromatic carbocycles. The van der Waals surface area contributed by atoms with Crippen molar-refractivity contribution in [3.8, 4) is 0 Å². The molecule has 0 fully saturated rings. The Hall–Kier alpha value is -1.08. The van der Waals surface area contributed by atoms with Gasteiger partial charge in [0.1, 0.15) is 5.82 Å². The van der Waals surface area contributed by atoms with Crippen LogP contribution in [-0.2, 0) is 17.8 Å². The SMILES string of the molecule is CC(C)(CSc1nnc2n1CCCCC2)C(=O)NN. The molecule has 1 aliphatic rings. The number of hydrogen-bond donors (Lipinski definition) is 2. The largest absolute Gasteiger partial charge is 0.306 e. The number of carbonyl (C=O) groups excluding carboxylic acids is 1. The van der Waals surface area contributed by atoms with Crippen molar-refractivity contribution >= 4 is 17.7 Å². The molecule has 0 bridgehead atoms. The van der Waals surface area contributed by atoms with E-state index in [0.717, 1.165) is 23.9 Å². The quantitative estimate of drug-likeness (QED) is 0.374. The normalized spacial score (nSPS) is 15.7. The lowest BCUT2D eigenvalue weighted by Crippen LogP contribution is -2.42. The van der Waals surface area contributed by atoms with E-state index in [0.29, 0.717) is 5.75 Å². The minimum absolute atomic E-state index is 0.157. The smallest absolute Gasteiger partial charge is 0.240 e. The first-order valence-corrected chi connectivity index (χ1v) is 7.59. The van der Waals surface area contributed by atoms with Gasteiger partial charge in [0.2, 0.25) is 5.91 Å². The van der Waals surface area contributed by atoms with Gasteiger partial charge < -0.3 is 4.57 Å². The molecule has 3 N–H and O–H groups in total. The fourth-order valence-electron chi connectivity index (χ4n) is 2.07. The molecule has 2 rings (SSSR count). The number of amides is 1. The number of nitrogens with zero attached hydrogens (tertiary/aromatic N) is 3. The van der Waals surface area contributed by atoms with Gasteiger partial charge in [-0.2, -0.15) is 0 Å². The van der Waals surface area contributed by atoms with Gasteiger partial charge in [0.05, 0.1) is 5.41 Å². The van der Waals surface area contributed by atoms with Gasteiger partial charge in [-0.15, -0.1) is 10.2 Å². The molecule has 0 saturated carbocycles. The summed E-state index contributed by atoms with van der Waals surface area (Å²) in [7, 11) is 0. The van der Waals surface area contributed by atoms with Crippen LogP contribution in [0, 0.1) is 5.41 Å². The molecule has 0 radical (unpaired) electrons. The maximum absolute atomic E-state index is 11.6. The number of hydrazine groups is 1. The van der Waals surface area contributed by atoms with E-state index in [9.17, 15) is 4.79 Å². The first-order chi connectivity index (χ1) is 9.04. The standard InChI is InChI=1S/C12H21N5OS/c1-12(2,10(18)14-13)8-19-11-16-15-9-6-4-3-5-7-17(9)11/h3-8,13H2,1-2H3,(H,14,18). The van der Waals surface area contributed by atoms with Crippen LogP contribution in [0.3, 0.4) is 0 Å². The fourth-order valence-corrected chi connectivity index (χ4v) is 3.14. The van der Waals surface area contributed by atoms with Crippen LogP contribution in [0.15, 0.2) is 5.16 Å². The molecular weight excluding hydrogens is 262 g/mol. The summed E-state index contributed by atoms with van der Waals surface area (Å²) in [5, 5.41) is 9.40. The highest BCUT2D eigenvalue weighted by molar-refractivity contribution is 7.99. The summed E-state index contributed by atoms with van der Waals surface area (Å²) < 4.78 is 2.19. The Morgan fingerprint density at radius 2 is 2.21 bits per heavy atom. The van der Waals surface area contributed by atoms with Crippen molar-refractivity contribution in [1.82, 2.24) is 20.2 Å². The first kappa shape index (κ1) is 14.3. The number of carbonyl (C=O) groups is 1. The topological polar surface area (TPSA) is 85.8 Å². The lowest BCUT2D eigenvalue weighted by Gasteiger charge is -2.21. The monoisotopic (exact) mass is 283 g/mol. The van der Waals surface area contributed by atoms with Crippen LogP contribution in [0.5, 0.6) is 0 Å². The van der Waals surface area contributed by atoms with Gasteiger partial charge in [-0.3, -0.25) is 10.2 Å². The third-order valence-corrected chi connectivity index (χ3v) is 4.81. The minimum atomic E-state index is -0.517. The lowest BCUT2D eigenvalue weighted by molar-refractivity contribution is -0.128. The molecule has 0 atom stereocenters. The summed E-state index contributed by atoms with van der Waals surface area (Å²) in [5.74, 6) is 6.74. The van der Waals surface area contributed by atoms with E-state index in [1.807, 2.05) is 13.8 Å². The van der Waals surface area contributed by atoms with Crippen LogP contribution in [0.2, 0.25) is 0 Å². The molecule has 0 unspecified atom stereocenters. The average Bonchev–Trinajstić information content (AvgIpc) is 2.62. The number of aryl methyl sites for hydroxylation is 1. The zero-order valence-electron chi connectivity index (χ0n) is 11.5. The van der Waals surface area contributed by atoms with E-state index in [1.165, 1.54) is 19.3 Å². The zero-order chi connectivity index (χ0) is 13.9. The van der Waals surface area contributed by atoms with Gasteiger partial charge in [0, 0.05) is 18.7 Å². The highest BCUT2D eigenvalue weighted by Gasteiger charge is 2.28. The van der Waals surface area contributed by atoms with Gasteiger partial charge in [0.15, 0.2) is 5.16 Å². The molecule has 7 heteroatoms. The maximum Gasteiger partial charge on any atom is 0.240 e. The summed E-state index contributed by atoms with van der Waals surface area (Å²) in [6.45, 7) is 4.73. The van der Waals surface area contributed by atoms with E-state index in [4.69, 9.17) is 5.84 Å². The summed E-state index contributed by atoms with van der Waals surface area (Å²) >= 11 is 1.57. The molecule has 106 valence electrons. The summed E-state index contributed by atoms with van der Waals surface area (Å²) in [6, 6.07) is 0. The molecule has 6 nitrogen and oxygen atoms in total. The number of fused-ring (bicyclic) bond motifs is 1. The zero-order valence-corrected chi connectivity index (χ0v) is 12.3. The van der Waals surface area contributed by atoms with Gasteiger partial charge in [-0.25, -0.2) is 5.84 Å². The third kappa shape index (κ3) is 3.27. The second-order valence-electron chi connectivity index (χ2n) is 5.51. The van der Waals surface area contributed by atoms with Gasteiger partial charge in [0.25, 0.3) is 0 Å². The van der Waals surface area contributed by atoms with Gasteiger partial charge >= 0.3 is 0 Å². The molecule has 19 heavy (non-hydrogen) atoms. The Bertz CT molecular complexity index is 457. The Kier molecular flexibility index (Phi) is 4.46. The molecule has 2 heterocycles. The summed E-state index contributed by atoms with van der Waals surface area (Å²) in [5.41, 5.74) is 1.70. The number of thioether (sulfide) groups is 1. The second kappa shape index (κ2) is 5.92. The van der Waals surface area contributed by atoms with Crippen molar-refractivity contribution in [2.24, 2.45) is 11.3 Å². The van der Waals surface area contributed by atoms with Crippen LogP contribution >= 0.6 is 11.8 Å². The predicted molar refractivity (Wildman–Crippen MR) is 74.4 cm³/mol. The van der Waals surface area contributed by atoms with Crippen LogP contribution in [0.25, 0.3) is 0 Å². The number of rotatable bonds is 4. The minimum Gasteiger partial charge on any atom is -0.306 e. The van der Waals surface area contributed by atoms with E-state index in [-0.39, 0.29) is 5.91 Å². The Balaban J connectivity index is 2.04. The number of aromatic nitrogens is 3. The maximum atomic E-state index is 11.6. The van der Waals surface area contributed by atoms with Crippen molar-refractivity contribution in [2.75, 3.05) is 5.75 Å². The Morgan fingerprint density at radius 1 is 1.42 bits per heavy atom. The van der Waals surface area contributed by atoms with Crippen molar-refractivity contribution in [3.05, 3.63) is 5.82 Å². The number of nitrogens with two attached hydrogens (primary N) is 1. The number of hydrogen-bond acceptors (Lipinski definition) is 5. The fraction of sp³-hybridized carbons (Fsp3) is 0.750. The van der Waals surface area contributed by atoms with Crippen molar-refractivity contribution in [3.63, 3.8) is 0 Å². The molecule has 1 aromatic heterocycles. The molecule has 0 spiro atoms. The summed E-state index contributed by atoms with van der Waals surface area (Å²) in [4.78, 5) is 11.6. The lowest BCUT2D eigenvalue weighted by atomic mass is 9.96. The number of nitrogens with one attached hydrogen (secondary N) is 1. The second-order valence-corrected chi connectivity index (χ2v) is 6.45. The Labute approximate surface area is 117 Å². The summed E-state index contributed by atoms with van der Waals surface area (Å²) in [6.07, 6.45) is 4.60. The van der Waals surface area contributed by atoms with Crippen molar-refractivity contribution in [1.29, 1.82) is 0 Å².